The Bertz CT molecular complexity index is 1510. The van der Waals surface area contributed by atoms with Gasteiger partial charge in [0.1, 0.15) is 5.39 Å². The van der Waals surface area contributed by atoms with Gasteiger partial charge < -0.3 is 10.6 Å². The van der Waals surface area contributed by atoms with E-state index in [2.05, 4.69) is 44.3 Å². The Morgan fingerprint density at radius 1 is 1.03 bits per heavy atom. The topological polar surface area (TPSA) is 104 Å². The van der Waals surface area contributed by atoms with Crippen LogP contribution in [0.5, 0.6) is 0 Å². The van der Waals surface area contributed by atoms with Crippen molar-refractivity contribution in [1.29, 1.82) is 0 Å². The predicted octanol–water partition coefficient (Wildman–Crippen LogP) is 4.22. The van der Waals surface area contributed by atoms with Crippen molar-refractivity contribution in [2.45, 2.75) is 43.6 Å². The van der Waals surface area contributed by atoms with E-state index < -0.39 is 0 Å². The second-order valence-electron chi connectivity index (χ2n) is 10.4. The summed E-state index contributed by atoms with van der Waals surface area (Å²) in [6.45, 7) is 1.61. The van der Waals surface area contributed by atoms with Crippen LogP contribution in [-0.4, -0.2) is 33.3 Å². The molecule has 3 aliphatic rings. The Kier molecular flexibility index (Phi) is 4.48. The summed E-state index contributed by atoms with van der Waals surface area (Å²) in [5.74, 6) is 0.597. The van der Waals surface area contributed by atoms with Crippen molar-refractivity contribution >= 4 is 28.6 Å². The van der Waals surface area contributed by atoms with Gasteiger partial charge in [-0.05, 0) is 60.3 Å². The number of hydrogen-bond donors (Lipinski definition) is 3. The van der Waals surface area contributed by atoms with Crippen molar-refractivity contribution in [2.24, 2.45) is 11.1 Å². The SMILES string of the molecule is N[C@@H]1c2ccccc2CC12CCN(c1nc3[nH]nc(C4(c5ccccc5Cl)CC4)c3c(=O)[nH]1)CC2. The van der Waals surface area contributed by atoms with Crippen LogP contribution in [0.3, 0.4) is 0 Å². The largest absolute Gasteiger partial charge is 0.342 e. The van der Waals surface area contributed by atoms with E-state index in [1.54, 1.807) is 0 Å². The summed E-state index contributed by atoms with van der Waals surface area (Å²) < 4.78 is 0. The minimum absolute atomic E-state index is 0.0602. The van der Waals surface area contributed by atoms with Gasteiger partial charge in [0.05, 0.1) is 5.69 Å². The molecule has 7 rings (SSSR count). The number of aromatic nitrogens is 4. The number of nitrogens with zero attached hydrogens (tertiary/aromatic N) is 3. The van der Waals surface area contributed by atoms with E-state index >= 15 is 0 Å². The van der Waals surface area contributed by atoms with E-state index in [1.165, 1.54) is 11.1 Å². The monoisotopic (exact) mass is 486 g/mol. The number of H-pyrrole nitrogens is 2. The van der Waals surface area contributed by atoms with Crippen LogP contribution in [0.1, 0.15) is 54.1 Å². The molecule has 4 N–H and O–H groups in total. The fraction of sp³-hybridized carbons (Fsp3) is 0.370. The number of benzene rings is 2. The van der Waals surface area contributed by atoms with Gasteiger partial charge in [0.2, 0.25) is 5.95 Å². The fourth-order valence-corrected chi connectivity index (χ4v) is 6.82. The number of rotatable bonds is 3. The van der Waals surface area contributed by atoms with E-state index in [9.17, 15) is 4.79 Å². The maximum Gasteiger partial charge on any atom is 0.263 e. The normalized spacial score (nSPS) is 22.0. The van der Waals surface area contributed by atoms with Crippen molar-refractivity contribution < 1.29 is 0 Å². The molecule has 4 aromatic rings. The summed E-state index contributed by atoms with van der Waals surface area (Å²) in [4.78, 5) is 23.4. The average Bonchev–Trinajstić information content (AvgIpc) is 3.47. The standard InChI is InChI=1S/C27H27ClN6O/c28-19-8-4-3-7-18(19)27(9-10-27)22-20-23(33-32-22)30-25(31-24(20)35)34-13-11-26(12-14-34)15-16-5-1-2-6-17(16)21(26)29/h1-8,21H,9-15,29H2,(H2,30,31,32,33,35)/t21-/m1/s1. The smallest absolute Gasteiger partial charge is 0.263 e. The molecule has 0 unspecified atom stereocenters. The second-order valence-corrected chi connectivity index (χ2v) is 10.9. The number of nitrogens with two attached hydrogens (primary N) is 1. The Morgan fingerprint density at radius 3 is 2.51 bits per heavy atom. The zero-order valence-electron chi connectivity index (χ0n) is 19.4. The van der Waals surface area contributed by atoms with Gasteiger partial charge in [-0.2, -0.15) is 10.1 Å². The van der Waals surface area contributed by atoms with Gasteiger partial charge in [0.25, 0.3) is 5.56 Å². The minimum Gasteiger partial charge on any atom is -0.342 e. The summed E-state index contributed by atoms with van der Waals surface area (Å²) >= 11 is 6.52. The third-order valence-corrected chi connectivity index (χ3v) is 8.99. The summed E-state index contributed by atoms with van der Waals surface area (Å²) in [6.07, 6.45) is 4.78. The Labute approximate surface area is 207 Å². The molecule has 2 aromatic heterocycles. The number of hydrogen-bond acceptors (Lipinski definition) is 5. The molecule has 35 heavy (non-hydrogen) atoms. The van der Waals surface area contributed by atoms with Gasteiger partial charge in [-0.3, -0.25) is 14.9 Å². The molecular formula is C27H27ClN6O. The fourth-order valence-electron chi connectivity index (χ4n) is 6.50. The second kappa shape index (κ2) is 7.42. The van der Waals surface area contributed by atoms with E-state index in [0.717, 1.165) is 56.5 Å². The lowest BCUT2D eigenvalue weighted by molar-refractivity contribution is 0.187. The third-order valence-electron chi connectivity index (χ3n) is 8.66. The van der Waals surface area contributed by atoms with Crippen LogP contribution in [0.4, 0.5) is 5.95 Å². The Morgan fingerprint density at radius 2 is 1.77 bits per heavy atom. The maximum atomic E-state index is 13.3. The summed E-state index contributed by atoms with van der Waals surface area (Å²) in [7, 11) is 0. The Balaban J connectivity index is 1.18. The number of fused-ring (bicyclic) bond motifs is 2. The lowest BCUT2D eigenvalue weighted by atomic mass is 9.73. The van der Waals surface area contributed by atoms with Crippen molar-refractivity contribution in [1.82, 2.24) is 20.2 Å². The molecule has 1 spiro atoms. The van der Waals surface area contributed by atoms with Crippen molar-refractivity contribution in [2.75, 3.05) is 18.0 Å². The van der Waals surface area contributed by atoms with Crippen LogP contribution in [0, 0.1) is 5.41 Å². The first-order valence-corrected chi connectivity index (χ1v) is 12.7. The van der Waals surface area contributed by atoms with Crippen LogP contribution in [-0.2, 0) is 11.8 Å². The van der Waals surface area contributed by atoms with Crippen LogP contribution >= 0.6 is 11.6 Å². The summed E-state index contributed by atoms with van der Waals surface area (Å²) in [5, 5.41) is 8.86. The van der Waals surface area contributed by atoms with Gasteiger partial charge in [0, 0.05) is 29.6 Å². The quantitative estimate of drug-likeness (QED) is 0.402. The lowest BCUT2D eigenvalue weighted by Gasteiger charge is -2.42. The highest BCUT2D eigenvalue weighted by Gasteiger charge is 2.51. The molecule has 2 aromatic carbocycles. The highest BCUT2D eigenvalue weighted by molar-refractivity contribution is 6.31. The molecule has 7 nitrogen and oxygen atoms in total. The van der Waals surface area contributed by atoms with Gasteiger partial charge >= 0.3 is 0 Å². The van der Waals surface area contributed by atoms with Crippen LogP contribution in [0.15, 0.2) is 53.3 Å². The van der Waals surface area contributed by atoms with Crippen LogP contribution < -0.4 is 16.2 Å². The number of nitrogens with one attached hydrogen (secondary N) is 2. The summed E-state index contributed by atoms with van der Waals surface area (Å²) in [6, 6.07) is 16.4. The first-order chi connectivity index (χ1) is 17.0. The number of anilines is 1. The molecule has 8 heteroatoms. The summed E-state index contributed by atoms with van der Waals surface area (Å²) in [5.41, 5.74) is 11.3. The molecule has 1 saturated heterocycles. The van der Waals surface area contributed by atoms with Gasteiger partial charge in [-0.15, -0.1) is 0 Å². The minimum atomic E-state index is -0.322. The van der Waals surface area contributed by atoms with E-state index in [4.69, 9.17) is 22.3 Å². The van der Waals surface area contributed by atoms with Crippen molar-refractivity contribution in [3.8, 4) is 0 Å². The molecule has 1 saturated carbocycles. The highest BCUT2D eigenvalue weighted by atomic mass is 35.5. The molecule has 0 radical (unpaired) electrons. The van der Waals surface area contributed by atoms with Crippen LogP contribution in [0.25, 0.3) is 11.0 Å². The highest BCUT2D eigenvalue weighted by Crippen LogP contribution is 2.56. The molecule has 0 bridgehead atoms. The van der Waals surface area contributed by atoms with E-state index in [1.807, 2.05) is 24.3 Å². The molecule has 178 valence electrons. The molecule has 2 aliphatic carbocycles. The zero-order valence-corrected chi connectivity index (χ0v) is 20.1. The predicted molar refractivity (Wildman–Crippen MR) is 137 cm³/mol. The first kappa shape index (κ1) is 21.1. The average molecular weight is 487 g/mol. The van der Waals surface area contributed by atoms with Crippen molar-refractivity contribution in [3.05, 3.63) is 86.3 Å². The third kappa shape index (κ3) is 3.04. The molecule has 3 heterocycles. The zero-order chi connectivity index (χ0) is 23.8. The molecule has 0 amide bonds. The lowest BCUT2D eigenvalue weighted by Crippen LogP contribution is -2.45. The number of aromatic amines is 2. The van der Waals surface area contributed by atoms with Crippen molar-refractivity contribution in [3.63, 3.8) is 0 Å². The first-order valence-electron chi connectivity index (χ1n) is 12.3. The van der Waals surface area contributed by atoms with E-state index in [-0.39, 0.29) is 22.4 Å². The number of piperidine rings is 1. The number of halogens is 1. The molecule has 2 fully saturated rings. The van der Waals surface area contributed by atoms with Gasteiger partial charge in [-0.1, -0.05) is 54.1 Å². The van der Waals surface area contributed by atoms with Crippen LogP contribution in [0.2, 0.25) is 5.02 Å². The molecule has 1 atom stereocenters. The molecule has 1 aliphatic heterocycles. The van der Waals surface area contributed by atoms with Gasteiger partial charge in [0.15, 0.2) is 5.65 Å². The maximum absolute atomic E-state index is 13.3. The van der Waals surface area contributed by atoms with Gasteiger partial charge in [-0.25, -0.2) is 0 Å². The Hall–Kier alpha value is -3.16. The van der Waals surface area contributed by atoms with E-state index in [0.29, 0.717) is 22.0 Å². The molecular weight excluding hydrogens is 460 g/mol.